The average molecular weight is 553 g/mol. The van der Waals surface area contributed by atoms with Crippen molar-refractivity contribution < 1.29 is 23.9 Å². The summed E-state index contributed by atoms with van der Waals surface area (Å²) in [5, 5.41) is 5.54. The number of amides is 4. The average Bonchev–Trinajstić information content (AvgIpc) is 2.86. The van der Waals surface area contributed by atoms with Crippen LogP contribution in [0.5, 0.6) is 0 Å². The largest absolute Gasteiger partial charge is 0.444 e. The van der Waals surface area contributed by atoms with Crippen molar-refractivity contribution in [2.45, 2.75) is 91.3 Å². The lowest BCUT2D eigenvalue weighted by atomic mass is 10.0. The van der Waals surface area contributed by atoms with E-state index in [2.05, 4.69) is 17.6 Å². The highest BCUT2D eigenvalue weighted by molar-refractivity contribution is 6.00. The number of primary amides is 1. The van der Waals surface area contributed by atoms with Gasteiger partial charge in [0.25, 0.3) is 5.91 Å². The third-order valence-electron chi connectivity index (χ3n) is 6.33. The Kier molecular flexibility index (Phi) is 12.2. The van der Waals surface area contributed by atoms with Crippen molar-refractivity contribution in [2.75, 3.05) is 11.9 Å². The first-order valence-electron chi connectivity index (χ1n) is 13.8. The molecule has 2 aromatic rings. The van der Waals surface area contributed by atoms with E-state index in [0.29, 0.717) is 17.7 Å². The number of nitrogens with one attached hydrogen (secondary N) is 2. The number of hydrogen-bond donors (Lipinski definition) is 3. The third-order valence-corrected chi connectivity index (χ3v) is 6.33. The fraction of sp³-hybridized carbons (Fsp3) is 0.484. The number of carbonyl (C=O) groups excluding carboxylic acids is 4. The number of nitrogens with zero attached hydrogens (tertiary/aromatic N) is 1. The number of carbonyl (C=O) groups is 4. The molecule has 0 aliphatic carbocycles. The molecule has 2 unspecified atom stereocenters. The third kappa shape index (κ3) is 10.0. The molecule has 0 radical (unpaired) electrons. The number of nitrogens with two attached hydrogens (primary N) is 1. The number of alkyl carbamates (subject to hydrolysis) is 1. The van der Waals surface area contributed by atoms with Crippen molar-refractivity contribution in [2.24, 2.45) is 5.73 Å². The first kappa shape index (κ1) is 32.3. The SMILES string of the molecule is CCCCCCN(C(=O)C(CC(N)=O)NC(=O)OC(C)(C)C)C(C(=O)Nc1c(C)cccc1C)c1ccccc1. The first-order chi connectivity index (χ1) is 18.8. The molecule has 2 rings (SSSR count). The molecule has 0 aliphatic heterocycles. The quantitative estimate of drug-likeness (QED) is 0.296. The lowest BCUT2D eigenvalue weighted by Crippen LogP contribution is -2.53. The second kappa shape index (κ2) is 15.1. The number of rotatable bonds is 13. The predicted octanol–water partition coefficient (Wildman–Crippen LogP) is 5.16. The molecule has 0 bridgehead atoms. The van der Waals surface area contributed by atoms with E-state index in [9.17, 15) is 19.2 Å². The minimum atomic E-state index is -1.31. The van der Waals surface area contributed by atoms with Crippen LogP contribution in [0.1, 0.15) is 82.5 Å². The number of ether oxygens (including phenoxy) is 1. The maximum absolute atomic E-state index is 14.1. The Hall–Kier alpha value is -3.88. The summed E-state index contributed by atoms with van der Waals surface area (Å²) in [6, 6.07) is 12.4. The lowest BCUT2D eigenvalue weighted by Gasteiger charge is -2.34. The fourth-order valence-corrected chi connectivity index (χ4v) is 4.44. The van der Waals surface area contributed by atoms with E-state index in [1.165, 1.54) is 4.90 Å². The van der Waals surface area contributed by atoms with E-state index in [1.807, 2.05) is 38.1 Å². The molecule has 0 saturated carbocycles. The van der Waals surface area contributed by atoms with Gasteiger partial charge in [-0.05, 0) is 57.7 Å². The molecule has 9 nitrogen and oxygen atoms in total. The van der Waals surface area contributed by atoms with E-state index in [4.69, 9.17) is 10.5 Å². The molecule has 0 aromatic heterocycles. The van der Waals surface area contributed by atoms with Gasteiger partial charge >= 0.3 is 6.09 Å². The van der Waals surface area contributed by atoms with Gasteiger partial charge in [0.2, 0.25) is 11.8 Å². The van der Waals surface area contributed by atoms with Gasteiger partial charge in [-0.1, -0.05) is 74.7 Å². The molecule has 0 heterocycles. The zero-order valence-electron chi connectivity index (χ0n) is 24.6. The Balaban J connectivity index is 2.54. The predicted molar refractivity (Wildman–Crippen MR) is 157 cm³/mol. The first-order valence-corrected chi connectivity index (χ1v) is 13.8. The van der Waals surface area contributed by atoms with Crippen LogP contribution < -0.4 is 16.4 Å². The summed E-state index contributed by atoms with van der Waals surface area (Å²) in [6.07, 6.45) is 2.15. The molecular weight excluding hydrogens is 508 g/mol. The van der Waals surface area contributed by atoms with Gasteiger partial charge in [-0.15, -0.1) is 0 Å². The van der Waals surface area contributed by atoms with Gasteiger partial charge in [-0.3, -0.25) is 14.4 Å². The number of unbranched alkanes of at least 4 members (excludes halogenated alkanes) is 3. The van der Waals surface area contributed by atoms with E-state index in [0.717, 1.165) is 30.4 Å². The van der Waals surface area contributed by atoms with Crippen LogP contribution in [0.15, 0.2) is 48.5 Å². The van der Waals surface area contributed by atoms with Crippen LogP contribution >= 0.6 is 0 Å². The van der Waals surface area contributed by atoms with Crippen molar-refractivity contribution >= 4 is 29.5 Å². The summed E-state index contributed by atoms with van der Waals surface area (Å²) in [4.78, 5) is 54.2. The van der Waals surface area contributed by atoms with Crippen LogP contribution in [0.25, 0.3) is 0 Å². The van der Waals surface area contributed by atoms with Gasteiger partial charge < -0.3 is 26.0 Å². The molecule has 9 heteroatoms. The topological polar surface area (TPSA) is 131 Å². The van der Waals surface area contributed by atoms with Gasteiger partial charge in [0, 0.05) is 12.2 Å². The van der Waals surface area contributed by atoms with Crippen molar-refractivity contribution in [3.63, 3.8) is 0 Å². The van der Waals surface area contributed by atoms with E-state index in [-0.39, 0.29) is 6.54 Å². The van der Waals surface area contributed by atoms with Crippen molar-refractivity contribution in [1.29, 1.82) is 0 Å². The molecule has 40 heavy (non-hydrogen) atoms. The highest BCUT2D eigenvalue weighted by Gasteiger charge is 2.37. The van der Waals surface area contributed by atoms with Crippen LogP contribution in [0, 0.1) is 13.8 Å². The Labute approximate surface area is 237 Å². The van der Waals surface area contributed by atoms with Crippen molar-refractivity contribution in [1.82, 2.24) is 10.2 Å². The van der Waals surface area contributed by atoms with Gasteiger partial charge in [-0.2, -0.15) is 0 Å². The molecule has 218 valence electrons. The van der Waals surface area contributed by atoms with E-state index < -0.39 is 47.9 Å². The summed E-state index contributed by atoms with van der Waals surface area (Å²) in [5.74, 6) is -1.76. The summed E-state index contributed by atoms with van der Waals surface area (Å²) < 4.78 is 5.34. The normalized spacial score (nSPS) is 12.7. The summed E-state index contributed by atoms with van der Waals surface area (Å²) in [6.45, 7) is 11.2. The molecule has 0 fully saturated rings. The monoisotopic (exact) mass is 552 g/mol. The van der Waals surface area contributed by atoms with E-state index in [1.54, 1.807) is 45.0 Å². The second-order valence-corrected chi connectivity index (χ2v) is 11.0. The Morgan fingerprint density at radius 1 is 0.925 bits per heavy atom. The lowest BCUT2D eigenvalue weighted by molar-refractivity contribution is -0.142. The number of benzene rings is 2. The maximum Gasteiger partial charge on any atom is 0.408 e. The van der Waals surface area contributed by atoms with Gasteiger partial charge in [-0.25, -0.2) is 4.79 Å². The van der Waals surface area contributed by atoms with Crippen LogP contribution in [-0.2, 0) is 19.1 Å². The number of aryl methyl sites for hydroxylation is 2. The van der Waals surface area contributed by atoms with Crippen LogP contribution in [0.4, 0.5) is 10.5 Å². The molecular formula is C31H44N4O5. The van der Waals surface area contributed by atoms with Crippen molar-refractivity contribution in [3.8, 4) is 0 Å². The standard InChI is InChI=1S/C31H44N4O5/c1-7-8-9-13-19-35(29(38)24(20-25(32)36)33-30(39)40-31(4,5)6)27(23-17-11-10-12-18-23)28(37)34-26-21(2)15-14-16-22(26)3/h10-12,14-18,24,27H,7-9,13,19-20H2,1-6H3,(H2,32,36)(H,33,39)(H,34,37). The highest BCUT2D eigenvalue weighted by Crippen LogP contribution is 2.27. The molecule has 2 aromatic carbocycles. The summed E-state index contributed by atoms with van der Waals surface area (Å²) in [7, 11) is 0. The highest BCUT2D eigenvalue weighted by atomic mass is 16.6. The maximum atomic E-state index is 14.1. The summed E-state index contributed by atoms with van der Waals surface area (Å²) >= 11 is 0. The molecule has 0 saturated heterocycles. The Bertz CT molecular complexity index is 1140. The molecule has 4 N–H and O–H groups in total. The molecule has 0 aliphatic rings. The van der Waals surface area contributed by atoms with E-state index >= 15 is 0 Å². The zero-order chi connectivity index (χ0) is 29.9. The van der Waals surface area contributed by atoms with Gasteiger partial charge in [0.05, 0.1) is 6.42 Å². The summed E-state index contributed by atoms with van der Waals surface area (Å²) in [5.41, 5.74) is 7.71. The second-order valence-electron chi connectivity index (χ2n) is 11.0. The Morgan fingerprint density at radius 3 is 2.10 bits per heavy atom. The minimum Gasteiger partial charge on any atom is -0.444 e. The Morgan fingerprint density at radius 2 is 1.55 bits per heavy atom. The minimum absolute atomic E-state index is 0.240. The fourth-order valence-electron chi connectivity index (χ4n) is 4.44. The van der Waals surface area contributed by atoms with Gasteiger partial charge in [0.15, 0.2) is 0 Å². The van der Waals surface area contributed by atoms with Crippen molar-refractivity contribution in [3.05, 3.63) is 65.2 Å². The molecule has 4 amide bonds. The zero-order valence-corrected chi connectivity index (χ0v) is 24.6. The van der Waals surface area contributed by atoms with Crippen LogP contribution in [0.2, 0.25) is 0 Å². The number of hydrogen-bond acceptors (Lipinski definition) is 5. The van der Waals surface area contributed by atoms with Crippen LogP contribution in [0.3, 0.4) is 0 Å². The van der Waals surface area contributed by atoms with Gasteiger partial charge in [0.1, 0.15) is 17.7 Å². The van der Waals surface area contributed by atoms with Crippen LogP contribution in [-0.4, -0.2) is 46.9 Å². The number of anilines is 1. The smallest absolute Gasteiger partial charge is 0.408 e. The molecule has 0 spiro atoms. The number of para-hydroxylation sites is 1. The molecule has 2 atom stereocenters.